The van der Waals surface area contributed by atoms with Gasteiger partial charge in [0, 0.05) is 11.1 Å². The van der Waals surface area contributed by atoms with E-state index in [4.69, 9.17) is 13.6 Å². The van der Waals surface area contributed by atoms with Gasteiger partial charge in [-0.1, -0.05) is 60.7 Å². The van der Waals surface area contributed by atoms with E-state index in [1.165, 1.54) is 30.7 Å². The lowest BCUT2D eigenvalue weighted by Gasteiger charge is -2.32. The van der Waals surface area contributed by atoms with Crippen LogP contribution in [0.3, 0.4) is 0 Å². The van der Waals surface area contributed by atoms with Crippen molar-refractivity contribution < 1.29 is 54.6 Å². The van der Waals surface area contributed by atoms with E-state index in [1.807, 2.05) is 36.4 Å². The third-order valence-electron chi connectivity index (χ3n) is 8.24. The summed E-state index contributed by atoms with van der Waals surface area (Å²) in [5, 5.41) is 25.6. The van der Waals surface area contributed by atoms with Crippen LogP contribution < -0.4 is 0 Å². The van der Waals surface area contributed by atoms with E-state index < -0.39 is 29.1 Å². The zero-order valence-electron chi connectivity index (χ0n) is 28.1. The first-order valence-electron chi connectivity index (χ1n) is 16.3. The van der Waals surface area contributed by atoms with Crippen molar-refractivity contribution in [3.8, 4) is 22.9 Å². The highest BCUT2D eigenvalue weighted by atomic mass is 19.4. The number of ether oxygens (including phenoxy) is 2. The molecule has 280 valence electrons. The molecular weight excluding hydrogens is 722 g/mol. The molecule has 0 atom stereocenters. The average molecular weight is 753 g/mol. The molecule has 0 amide bonds. The number of carbonyl (C=O) groups is 1. The van der Waals surface area contributed by atoms with Gasteiger partial charge in [-0.25, -0.2) is 0 Å². The fraction of sp³-hybridized carbons (Fsp3) is 0.237. The second-order valence-corrected chi connectivity index (χ2v) is 12.3. The Balaban J connectivity index is 0.000000165. The van der Waals surface area contributed by atoms with Crippen molar-refractivity contribution in [2.75, 3.05) is 26.4 Å². The smallest absolute Gasteiger partial charge is 0.416 e. The molecule has 2 aliphatic rings. The summed E-state index contributed by atoms with van der Waals surface area (Å²) in [7, 11) is 0. The van der Waals surface area contributed by atoms with E-state index >= 15 is 0 Å². The summed E-state index contributed by atoms with van der Waals surface area (Å²) < 4.78 is 96.1. The Bertz CT molecular complexity index is 2140. The minimum atomic E-state index is -4.36. The summed E-state index contributed by atoms with van der Waals surface area (Å²) >= 11 is 0. The summed E-state index contributed by atoms with van der Waals surface area (Å²) in [5.41, 5.74) is 2.09. The van der Waals surface area contributed by atoms with Gasteiger partial charge in [-0.05, 0) is 71.5 Å². The highest BCUT2D eigenvalue weighted by Gasteiger charge is 2.43. The van der Waals surface area contributed by atoms with Gasteiger partial charge in [0.05, 0.1) is 24.3 Å². The van der Waals surface area contributed by atoms with Gasteiger partial charge in [0.25, 0.3) is 5.89 Å². The Kier molecular flexibility index (Phi) is 11.4. The maximum absolute atomic E-state index is 12.7. The molecule has 6 aromatic rings. The number of hydrogen-bond donors (Lipinski definition) is 1. The Labute approximate surface area is 303 Å². The van der Waals surface area contributed by atoms with Crippen molar-refractivity contribution in [3.63, 3.8) is 0 Å². The van der Waals surface area contributed by atoms with Gasteiger partial charge in [0.15, 0.2) is 11.4 Å². The van der Waals surface area contributed by atoms with Gasteiger partial charge in [-0.15, -0.1) is 20.4 Å². The van der Waals surface area contributed by atoms with Crippen LogP contribution in [0.25, 0.3) is 22.9 Å². The van der Waals surface area contributed by atoms with Crippen LogP contribution in [0.2, 0.25) is 0 Å². The number of rotatable bonds is 7. The predicted octanol–water partition coefficient (Wildman–Crippen LogP) is 7.50. The molecule has 2 aliphatic heterocycles. The maximum atomic E-state index is 12.7. The van der Waals surface area contributed by atoms with E-state index in [2.05, 4.69) is 25.1 Å². The number of aliphatic hydroxyl groups is 1. The third-order valence-corrected chi connectivity index (χ3v) is 8.24. The standard InChI is InChI=1S/C19H15F3N2O3.C16H11F3N2O.C3H4O2/c20-19(21,22)14-7-5-12(6-8-14)9-13-3-1-2-4-15(13)16-23-24-17(27-16)18(25)10-26-11-18;17-16(18,19)13-7-5-11(6-8-13)9-12-3-1-2-4-14(12)15-21-20-10-22-15;4-3-1-5-2-3/h1-8,25H,9-11H2;1-8,10H,9H2;1-2H2. The van der Waals surface area contributed by atoms with Crippen LogP contribution in [0.1, 0.15) is 39.3 Å². The minimum absolute atomic E-state index is 0.0908. The molecule has 10 nitrogen and oxygen atoms in total. The van der Waals surface area contributed by atoms with Gasteiger partial charge < -0.3 is 23.4 Å². The SMILES string of the molecule is FC(F)(F)c1ccc(Cc2ccccc2-c2nnco2)cc1.O=C1COC1.OC1(c2nnc(-c3ccccc3Cc3ccc(C(F)(F)F)cc3)o2)COC1. The van der Waals surface area contributed by atoms with Crippen molar-refractivity contribution >= 4 is 5.78 Å². The first-order chi connectivity index (χ1) is 25.8. The predicted molar refractivity (Wildman–Crippen MR) is 179 cm³/mol. The molecule has 0 radical (unpaired) electrons. The van der Waals surface area contributed by atoms with Gasteiger partial charge in [0.2, 0.25) is 18.2 Å². The van der Waals surface area contributed by atoms with Crippen molar-refractivity contribution in [1.82, 2.24) is 20.4 Å². The molecule has 2 aromatic heterocycles. The van der Waals surface area contributed by atoms with E-state index in [-0.39, 0.29) is 30.8 Å². The number of aromatic nitrogens is 4. The van der Waals surface area contributed by atoms with Gasteiger partial charge in [0.1, 0.15) is 13.2 Å². The lowest BCUT2D eigenvalue weighted by atomic mass is 9.99. The van der Waals surface area contributed by atoms with Gasteiger partial charge in [-0.3, -0.25) is 4.79 Å². The van der Waals surface area contributed by atoms with Crippen LogP contribution in [0.4, 0.5) is 26.3 Å². The number of halogens is 6. The summed E-state index contributed by atoms with van der Waals surface area (Å²) in [6.45, 7) is 0.893. The van der Waals surface area contributed by atoms with Crippen molar-refractivity contribution in [3.05, 3.63) is 143 Å². The molecule has 54 heavy (non-hydrogen) atoms. The number of ketones is 1. The molecule has 1 N–H and O–H groups in total. The zero-order chi connectivity index (χ0) is 38.3. The largest absolute Gasteiger partial charge is 0.423 e. The van der Waals surface area contributed by atoms with E-state index in [0.717, 1.165) is 52.1 Å². The lowest BCUT2D eigenvalue weighted by Crippen LogP contribution is -2.46. The molecule has 0 saturated carbocycles. The molecule has 2 fully saturated rings. The normalized spacial score (nSPS) is 14.8. The minimum Gasteiger partial charge on any atom is -0.423 e. The highest BCUT2D eigenvalue weighted by Crippen LogP contribution is 2.34. The first-order valence-corrected chi connectivity index (χ1v) is 16.3. The highest BCUT2D eigenvalue weighted by molar-refractivity contribution is 5.84. The molecule has 2 saturated heterocycles. The van der Waals surface area contributed by atoms with Crippen LogP contribution in [0.5, 0.6) is 0 Å². The average Bonchev–Trinajstić information content (AvgIpc) is 3.85. The van der Waals surface area contributed by atoms with Gasteiger partial charge >= 0.3 is 12.4 Å². The van der Waals surface area contributed by atoms with Crippen LogP contribution in [0.15, 0.2) is 112 Å². The van der Waals surface area contributed by atoms with E-state index in [0.29, 0.717) is 37.5 Å². The maximum Gasteiger partial charge on any atom is 0.416 e. The molecule has 0 unspecified atom stereocenters. The molecule has 0 aliphatic carbocycles. The molecule has 4 aromatic carbocycles. The topological polar surface area (TPSA) is 134 Å². The van der Waals surface area contributed by atoms with Crippen LogP contribution in [-0.4, -0.2) is 57.7 Å². The Morgan fingerprint density at radius 3 is 1.50 bits per heavy atom. The fourth-order valence-corrected chi connectivity index (χ4v) is 5.24. The summed E-state index contributed by atoms with van der Waals surface area (Å²) in [4.78, 5) is 9.77. The third kappa shape index (κ3) is 9.44. The number of nitrogens with zero attached hydrogens (tertiary/aromatic N) is 4. The van der Waals surface area contributed by atoms with E-state index in [9.17, 15) is 36.2 Å². The first kappa shape index (κ1) is 38.0. The second kappa shape index (κ2) is 16.1. The molecule has 8 rings (SSSR count). The van der Waals surface area contributed by atoms with Crippen molar-refractivity contribution in [1.29, 1.82) is 0 Å². The van der Waals surface area contributed by atoms with Crippen molar-refractivity contribution in [2.24, 2.45) is 0 Å². The van der Waals surface area contributed by atoms with Crippen LogP contribution >= 0.6 is 0 Å². The lowest BCUT2D eigenvalue weighted by molar-refractivity contribution is -0.196. The fourth-order valence-electron chi connectivity index (χ4n) is 5.24. The number of hydrogen-bond acceptors (Lipinski definition) is 10. The number of alkyl halides is 6. The number of carbonyl (C=O) groups excluding carboxylic acids is 1. The quantitative estimate of drug-likeness (QED) is 0.164. The summed E-state index contributed by atoms with van der Waals surface area (Å²) in [6.07, 6.45) is -6.55. The molecular formula is C38H30F6N4O6. The monoisotopic (exact) mass is 752 g/mol. The second-order valence-electron chi connectivity index (χ2n) is 12.3. The summed E-state index contributed by atoms with van der Waals surface area (Å²) in [5.74, 6) is 0.938. The van der Waals surface area contributed by atoms with Crippen LogP contribution in [0, 0.1) is 0 Å². The van der Waals surface area contributed by atoms with E-state index in [1.54, 1.807) is 12.1 Å². The summed E-state index contributed by atoms with van der Waals surface area (Å²) in [6, 6.07) is 24.9. The number of Topliss-reactive ketones (excluding diaryl/α,β-unsaturated/α-hetero) is 1. The Hall–Kier alpha value is -5.71. The molecule has 4 heterocycles. The van der Waals surface area contributed by atoms with Crippen molar-refractivity contribution in [2.45, 2.75) is 30.8 Å². The number of benzene rings is 4. The van der Waals surface area contributed by atoms with Gasteiger partial charge in [-0.2, -0.15) is 26.3 Å². The molecule has 0 bridgehead atoms. The molecule has 16 heteroatoms. The Morgan fingerprint density at radius 1 is 0.630 bits per heavy atom. The van der Waals surface area contributed by atoms with Crippen LogP contribution in [-0.2, 0) is 45.1 Å². The zero-order valence-corrected chi connectivity index (χ0v) is 28.1. The Morgan fingerprint density at radius 2 is 1.11 bits per heavy atom. The molecule has 0 spiro atoms.